The number of ether oxygens (including phenoxy) is 1. The molecule has 2 aromatic carbocycles. The summed E-state index contributed by atoms with van der Waals surface area (Å²) in [4.78, 5) is 30.9. The highest BCUT2D eigenvalue weighted by atomic mass is 79.9. The molecule has 1 aliphatic rings. The summed E-state index contributed by atoms with van der Waals surface area (Å²) in [6, 6.07) is 7.74. The standard InChI is InChI=1S/C21H16BrFN4O5/c1-32-17-3-2-11(6-15(17)23)27-19(16-7-12(28)9-26(16)21(30)31)25-18-13(20(27)29)4-10(8-24)5-14(18)22/h2-6,12,16,28H,7,9H2,1H3,(H,30,31)/t12-,16+/m0/s1. The third-order valence-corrected chi connectivity index (χ3v) is 5.90. The minimum atomic E-state index is -1.28. The van der Waals surface area contributed by atoms with Gasteiger partial charge in [-0.15, -0.1) is 0 Å². The maximum atomic E-state index is 14.5. The summed E-state index contributed by atoms with van der Waals surface area (Å²) in [5.41, 5.74) is -0.0742. The Hall–Kier alpha value is -3.49. The molecule has 0 spiro atoms. The fraction of sp³-hybridized carbons (Fsp3) is 0.238. The molecule has 0 unspecified atom stereocenters. The quantitative estimate of drug-likeness (QED) is 0.563. The van der Waals surface area contributed by atoms with E-state index in [1.807, 2.05) is 6.07 Å². The van der Waals surface area contributed by atoms with E-state index in [0.29, 0.717) is 4.47 Å². The van der Waals surface area contributed by atoms with Gasteiger partial charge in [0.2, 0.25) is 0 Å². The van der Waals surface area contributed by atoms with Crippen molar-refractivity contribution < 1.29 is 24.1 Å². The van der Waals surface area contributed by atoms with Gasteiger partial charge >= 0.3 is 6.09 Å². The average Bonchev–Trinajstić information content (AvgIpc) is 3.15. The van der Waals surface area contributed by atoms with Crippen molar-refractivity contribution in [1.29, 1.82) is 5.26 Å². The summed E-state index contributed by atoms with van der Waals surface area (Å²) in [7, 11) is 1.30. The minimum Gasteiger partial charge on any atom is -0.494 e. The minimum absolute atomic E-state index is 0.0107. The Morgan fingerprint density at radius 2 is 2.12 bits per heavy atom. The molecule has 1 aromatic heterocycles. The van der Waals surface area contributed by atoms with Gasteiger partial charge < -0.3 is 14.9 Å². The molecule has 0 saturated carbocycles. The van der Waals surface area contributed by atoms with Crippen LogP contribution in [0.4, 0.5) is 9.18 Å². The maximum absolute atomic E-state index is 14.5. The molecular formula is C21H16BrFN4O5. The summed E-state index contributed by atoms with van der Waals surface area (Å²) >= 11 is 3.32. The second-order valence-corrected chi connectivity index (χ2v) is 8.09. The number of likely N-dealkylation sites (tertiary alicyclic amines) is 1. The molecule has 1 amide bonds. The van der Waals surface area contributed by atoms with Crippen LogP contribution in [0.3, 0.4) is 0 Å². The molecule has 1 saturated heterocycles. The summed E-state index contributed by atoms with van der Waals surface area (Å²) in [5.74, 6) is -0.733. The van der Waals surface area contributed by atoms with Gasteiger partial charge in [0.25, 0.3) is 5.56 Å². The van der Waals surface area contributed by atoms with Crippen molar-refractivity contribution in [3.8, 4) is 17.5 Å². The lowest BCUT2D eigenvalue weighted by atomic mass is 10.1. The smallest absolute Gasteiger partial charge is 0.408 e. The first-order valence-electron chi connectivity index (χ1n) is 9.43. The number of nitrogens with zero attached hydrogens (tertiary/aromatic N) is 4. The lowest BCUT2D eigenvalue weighted by Crippen LogP contribution is -2.34. The number of carbonyl (C=O) groups is 1. The van der Waals surface area contributed by atoms with E-state index in [9.17, 15) is 29.5 Å². The van der Waals surface area contributed by atoms with Crippen LogP contribution in [0.5, 0.6) is 5.75 Å². The van der Waals surface area contributed by atoms with Crippen LogP contribution in [0.15, 0.2) is 39.6 Å². The number of amides is 1. The van der Waals surface area contributed by atoms with Gasteiger partial charge in [0.1, 0.15) is 5.82 Å². The molecule has 0 radical (unpaired) electrons. The Labute approximate surface area is 189 Å². The van der Waals surface area contributed by atoms with Crippen LogP contribution in [0.25, 0.3) is 16.6 Å². The molecule has 164 valence electrons. The Bertz CT molecular complexity index is 1350. The molecule has 4 rings (SSSR count). The maximum Gasteiger partial charge on any atom is 0.408 e. The number of aromatic nitrogens is 2. The monoisotopic (exact) mass is 502 g/mol. The van der Waals surface area contributed by atoms with Gasteiger partial charge in [-0.2, -0.15) is 5.26 Å². The van der Waals surface area contributed by atoms with E-state index in [2.05, 4.69) is 20.9 Å². The van der Waals surface area contributed by atoms with Gasteiger partial charge in [0, 0.05) is 17.0 Å². The van der Waals surface area contributed by atoms with Crippen LogP contribution in [0, 0.1) is 17.1 Å². The van der Waals surface area contributed by atoms with Crippen LogP contribution >= 0.6 is 15.9 Å². The average molecular weight is 503 g/mol. The first-order chi connectivity index (χ1) is 15.2. The van der Waals surface area contributed by atoms with Crippen molar-refractivity contribution in [2.75, 3.05) is 13.7 Å². The Kier molecular flexibility index (Phi) is 5.58. The number of nitriles is 1. The van der Waals surface area contributed by atoms with Crippen LogP contribution in [-0.2, 0) is 0 Å². The molecule has 3 aromatic rings. The molecule has 11 heteroatoms. The molecule has 1 fully saturated rings. The van der Waals surface area contributed by atoms with Gasteiger partial charge in [0.15, 0.2) is 11.6 Å². The third kappa shape index (κ3) is 3.57. The Balaban J connectivity index is 2.08. The van der Waals surface area contributed by atoms with Crippen LogP contribution in [-0.4, -0.2) is 50.5 Å². The second-order valence-electron chi connectivity index (χ2n) is 7.24. The van der Waals surface area contributed by atoms with Gasteiger partial charge in [0.05, 0.1) is 54.0 Å². The summed E-state index contributed by atoms with van der Waals surface area (Å²) in [5, 5.41) is 29.1. The number of hydrogen-bond acceptors (Lipinski definition) is 6. The normalized spacial score (nSPS) is 18.0. The first kappa shape index (κ1) is 21.7. The van der Waals surface area contributed by atoms with E-state index in [-0.39, 0.29) is 46.7 Å². The van der Waals surface area contributed by atoms with E-state index in [1.54, 1.807) is 0 Å². The highest BCUT2D eigenvalue weighted by molar-refractivity contribution is 9.10. The number of β-amino-alcohol motifs (C(OH)–C–C–N with tert-alkyl or cyclic N) is 1. The lowest BCUT2D eigenvalue weighted by molar-refractivity contribution is 0.130. The molecular weight excluding hydrogens is 487 g/mol. The third-order valence-electron chi connectivity index (χ3n) is 5.30. The van der Waals surface area contributed by atoms with Crippen molar-refractivity contribution >= 4 is 32.9 Å². The predicted molar refractivity (Wildman–Crippen MR) is 114 cm³/mol. The zero-order chi connectivity index (χ0) is 23.2. The number of aliphatic hydroxyl groups is 1. The number of carboxylic acid groups (broad SMARTS) is 1. The summed E-state index contributed by atoms with van der Waals surface area (Å²) in [6.07, 6.45) is -2.22. The van der Waals surface area contributed by atoms with Gasteiger partial charge in [-0.25, -0.2) is 14.2 Å². The van der Waals surface area contributed by atoms with Crippen LogP contribution < -0.4 is 10.3 Å². The molecule has 2 atom stereocenters. The first-order valence-corrected chi connectivity index (χ1v) is 10.2. The van der Waals surface area contributed by atoms with Crippen molar-refractivity contribution in [2.45, 2.75) is 18.6 Å². The van der Waals surface area contributed by atoms with E-state index in [4.69, 9.17) is 4.74 Å². The zero-order valence-electron chi connectivity index (χ0n) is 16.6. The molecule has 0 bridgehead atoms. The molecule has 0 aliphatic carbocycles. The van der Waals surface area contributed by atoms with E-state index in [1.165, 1.54) is 31.4 Å². The molecule has 9 nitrogen and oxygen atoms in total. The molecule has 32 heavy (non-hydrogen) atoms. The highest BCUT2D eigenvalue weighted by Crippen LogP contribution is 2.34. The van der Waals surface area contributed by atoms with Gasteiger partial charge in [-0.05, 0) is 40.2 Å². The Morgan fingerprint density at radius 1 is 1.38 bits per heavy atom. The van der Waals surface area contributed by atoms with Crippen molar-refractivity contribution in [3.05, 3.63) is 62.4 Å². The summed E-state index contributed by atoms with van der Waals surface area (Å²) < 4.78 is 20.9. The van der Waals surface area contributed by atoms with Gasteiger partial charge in [-0.3, -0.25) is 14.3 Å². The van der Waals surface area contributed by atoms with E-state index in [0.717, 1.165) is 15.5 Å². The van der Waals surface area contributed by atoms with Crippen LogP contribution in [0.2, 0.25) is 0 Å². The Morgan fingerprint density at radius 3 is 2.75 bits per heavy atom. The number of benzene rings is 2. The number of fused-ring (bicyclic) bond motifs is 1. The summed E-state index contributed by atoms with van der Waals surface area (Å²) in [6.45, 7) is -0.153. The topological polar surface area (TPSA) is 129 Å². The van der Waals surface area contributed by atoms with Gasteiger partial charge in [-0.1, -0.05) is 0 Å². The number of rotatable bonds is 3. The second kappa shape index (κ2) is 8.22. The predicted octanol–water partition coefficient (Wildman–Crippen LogP) is 2.95. The number of aliphatic hydroxyl groups excluding tert-OH is 1. The van der Waals surface area contributed by atoms with E-state index < -0.39 is 29.6 Å². The molecule has 1 aliphatic heterocycles. The molecule has 2 N–H and O–H groups in total. The zero-order valence-corrected chi connectivity index (χ0v) is 18.2. The SMILES string of the molecule is COc1ccc(-n2c([C@H]3C[C@H](O)CN3C(=O)O)nc3c(Br)cc(C#N)cc3c2=O)cc1F. The van der Waals surface area contributed by atoms with E-state index >= 15 is 0 Å². The highest BCUT2D eigenvalue weighted by Gasteiger charge is 2.38. The van der Waals surface area contributed by atoms with Crippen LogP contribution in [0.1, 0.15) is 23.9 Å². The van der Waals surface area contributed by atoms with Crippen molar-refractivity contribution in [2.24, 2.45) is 0 Å². The number of halogens is 2. The lowest BCUT2D eigenvalue weighted by Gasteiger charge is -2.24. The number of hydrogen-bond donors (Lipinski definition) is 2. The van der Waals surface area contributed by atoms with Crippen molar-refractivity contribution in [1.82, 2.24) is 14.5 Å². The fourth-order valence-electron chi connectivity index (χ4n) is 3.87. The molecule has 2 heterocycles. The number of methoxy groups -OCH3 is 1. The fourth-order valence-corrected chi connectivity index (χ4v) is 4.42. The largest absolute Gasteiger partial charge is 0.494 e. The van der Waals surface area contributed by atoms with Crippen molar-refractivity contribution in [3.63, 3.8) is 0 Å².